The summed E-state index contributed by atoms with van der Waals surface area (Å²) in [5, 5.41) is 0. The van der Waals surface area contributed by atoms with Crippen LogP contribution >= 0.6 is 0 Å². The predicted octanol–water partition coefficient (Wildman–Crippen LogP) is 4.65. The molecule has 0 aromatic carbocycles. The minimum Gasteiger partial charge on any atom is -0.0995 e. The van der Waals surface area contributed by atoms with Gasteiger partial charge in [0.1, 0.15) is 0 Å². The number of allylic oxidation sites excluding steroid dienone is 5. The maximum Gasteiger partial charge on any atom is -0.00747 e. The SMILES string of the molecule is C=C1CCC[C@]2(C)C=CC(=C(C)C)C[C@@H]12. The van der Waals surface area contributed by atoms with E-state index in [1.165, 1.54) is 42.4 Å². The van der Waals surface area contributed by atoms with Crippen LogP contribution in [0, 0.1) is 11.3 Å². The highest BCUT2D eigenvalue weighted by atomic mass is 14.4. The third-order valence-corrected chi connectivity index (χ3v) is 4.23. The molecule has 0 heterocycles. The summed E-state index contributed by atoms with van der Waals surface area (Å²) in [6, 6.07) is 0. The van der Waals surface area contributed by atoms with Crippen LogP contribution in [0.4, 0.5) is 0 Å². The average molecular weight is 202 g/mol. The quantitative estimate of drug-likeness (QED) is 0.502. The minimum absolute atomic E-state index is 0.397. The Morgan fingerprint density at radius 2 is 2.20 bits per heavy atom. The van der Waals surface area contributed by atoms with Crippen LogP contribution in [0.25, 0.3) is 0 Å². The molecule has 0 unspecified atom stereocenters. The van der Waals surface area contributed by atoms with Gasteiger partial charge in [0, 0.05) is 0 Å². The van der Waals surface area contributed by atoms with Crippen molar-refractivity contribution in [1.82, 2.24) is 0 Å². The topological polar surface area (TPSA) is 0 Å². The normalized spacial score (nSPS) is 35.3. The molecule has 2 atom stereocenters. The van der Waals surface area contributed by atoms with E-state index in [2.05, 4.69) is 39.5 Å². The molecule has 0 spiro atoms. The van der Waals surface area contributed by atoms with Gasteiger partial charge in [-0.15, -0.1) is 0 Å². The van der Waals surface area contributed by atoms with Gasteiger partial charge < -0.3 is 0 Å². The molecule has 0 amide bonds. The Balaban J connectivity index is 2.36. The first kappa shape index (κ1) is 10.7. The van der Waals surface area contributed by atoms with Gasteiger partial charge in [-0.2, -0.15) is 0 Å². The molecule has 82 valence electrons. The summed E-state index contributed by atoms with van der Waals surface area (Å²) in [7, 11) is 0. The van der Waals surface area contributed by atoms with Crippen molar-refractivity contribution in [2.24, 2.45) is 11.3 Å². The second kappa shape index (κ2) is 3.66. The molecule has 0 radical (unpaired) electrons. The Morgan fingerprint density at radius 1 is 1.47 bits per heavy atom. The van der Waals surface area contributed by atoms with Crippen LogP contribution in [0.15, 0.2) is 35.5 Å². The maximum absolute atomic E-state index is 4.28. The first-order chi connectivity index (χ1) is 7.03. The highest BCUT2D eigenvalue weighted by Crippen LogP contribution is 2.50. The number of hydrogen-bond donors (Lipinski definition) is 0. The largest absolute Gasteiger partial charge is 0.0995 e. The predicted molar refractivity (Wildman–Crippen MR) is 66.7 cm³/mol. The Morgan fingerprint density at radius 3 is 2.87 bits per heavy atom. The molecule has 0 heteroatoms. The van der Waals surface area contributed by atoms with Crippen LogP contribution in [0.3, 0.4) is 0 Å². The Bertz CT molecular complexity index is 339. The molecule has 0 aromatic heterocycles. The summed E-state index contributed by atoms with van der Waals surface area (Å²) in [6.07, 6.45) is 9.90. The van der Waals surface area contributed by atoms with E-state index in [0.29, 0.717) is 11.3 Å². The molecule has 2 aliphatic rings. The Hall–Kier alpha value is -0.780. The fourth-order valence-corrected chi connectivity index (χ4v) is 3.04. The monoisotopic (exact) mass is 202 g/mol. The second-order valence-electron chi connectivity index (χ2n) is 5.63. The first-order valence-corrected chi connectivity index (χ1v) is 6.06. The van der Waals surface area contributed by atoms with Gasteiger partial charge in [-0.1, -0.05) is 36.8 Å². The maximum atomic E-state index is 4.28. The van der Waals surface area contributed by atoms with Crippen molar-refractivity contribution in [2.45, 2.75) is 46.5 Å². The van der Waals surface area contributed by atoms with Crippen LogP contribution in [-0.4, -0.2) is 0 Å². The van der Waals surface area contributed by atoms with Gasteiger partial charge in [-0.05, 0) is 56.4 Å². The summed E-state index contributed by atoms with van der Waals surface area (Å²) < 4.78 is 0. The molecule has 1 fully saturated rings. The van der Waals surface area contributed by atoms with Gasteiger partial charge in [0.15, 0.2) is 0 Å². The van der Waals surface area contributed by atoms with Crippen LogP contribution in [0.2, 0.25) is 0 Å². The lowest BCUT2D eigenvalue weighted by molar-refractivity contribution is 0.222. The van der Waals surface area contributed by atoms with E-state index in [9.17, 15) is 0 Å². The molecule has 0 aliphatic heterocycles. The van der Waals surface area contributed by atoms with Crippen molar-refractivity contribution in [1.29, 1.82) is 0 Å². The molecule has 15 heavy (non-hydrogen) atoms. The van der Waals surface area contributed by atoms with Gasteiger partial charge in [-0.3, -0.25) is 0 Å². The van der Waals surface area contributed by atoms with Crippen molar-refractivity contribution < 1.29 is 0 Å². The van der Waals surface area contributed by atoms with Gasteiger partial charge in [0.05, 0.1) is 0 Å². The van der Waals surface area contributed by atoms with Gasteiger partial charge >= 0.3 is 0 Å². The first-order valence-electron chi connectivity index (χ1n) is 6.06. The van der Waals surface area contributed by atoms with Crippen LogP contribution in [0.1, 0.15) is 46.5 Å². The van der Waals surface area contributed by atoms with E-state index in [0.717, 1.165) is 0 Å². The van der Waals surface area contributed by atoms with Crippen molar-refractivity contribution in [3.05, 3.63) is 35.5 Å². The average Bonchev–Trinajstić information content (AvgIpc) is 2.17. The summed E-state index contributed by atoms with van der Waals surface area (Å²) in [6.45, 7) is 11.1. The van der Waals surface area contributed by atoms with E-state index >= 15 is 0 Å². The molecule has 2 rings (SSSR count). The minimum atomic E-state index is 0.397. The van der Waals surface area contributed by atoms with Crippen LogP contribution in [-0.2, 0) is 0 Å². The molecule has 2 aliphatic carbocycles. The van der Waals surface area contributed by atoms with E-state index < -0.39 is 0 Å². The van der Waals surface area contributed by atoms with Crippen LogP contribution < -0.4 is 0 Å². The summed E-state index contributed by atoms with van der Waals surface area (Å²) in [4.78, 5) is 0. The Labute approximate surface area is 93.8 Å². The van der Waals surface area contributed by atoms with Crippen molar-refractivity contribution >= 4 is 0 Å². The lowest BCUT2D eigenvalue weighted by Crippen LogP contribution is -2.33. The zero-order valence-corrected chi connectivity index (χ0v) is 10.3. The number of fused-ring (bicyclic) bond motifs is 1. The fourth-order valence-electron chi connectivity index (χ4n) is 3.04. The van der Waals surface area contributed by atoms with Gasteiger partial charge in [0.2, 0.25) is 0 Å². The number of rotatable bonds is 0. The third-order valence-electron chi connectivity index (χ3n) is 4.23. The number of hydrogen-bond acceptors (Lipinski definition) is 0. The molecular formula is C15H22. The van der Waals surface area contributed by atoms with E-state index in [1.54, 1.807) is 0 Å². The standard InChI is InChI=1S/C15H22/c1-11(2)13-7-9-15(4)8-5-6-12(3)14(15)10-13/h7,9,14H,3,5-6,8,10H2,1-2,4H3/t14-,15+/m0/s1. The lowest BCUT2D eigenvalue weighted by atomic mass is 9.61. The molecular weight excluding hydrogens is 180 g/mol. The molecule has 0 bridgehead atoms. The molecule has 0 saturated heterocycles. The van der Waals surface area contributed by atoms with E-state index in [-0.39, 0.29) is 0 Å². The highest BCUT2D eigenvalue weighted by Gasteiger charge is 2.38. The van der Waals surface area contributed by atoms with E-state index in [4.69, 9.17) is 0 Å². The lowest BCUT2D eigenvalue weighted by Gasteiger charge is -2.44. The highest BCUT2D eigenvalue weighted by molar-refractivity contribution is 5.34. The Kier molecular flexibility index (Phi) is 2.62. The van der Waals surface area contributed by atoms with Crippen molar-refractivity contribution in [3.63, 3.8) is 0 Å². The summed E-state index contributed by atoms with van der Waals surface area (Å²) in [5.41, 5.74) is 4.87. The third kappa shape index (κ3) is 1.82. The summed E-state index contributed by atoms with van der Waals surface area (Å²) >= 11 is 0. The summed E-state index contributed by atoms with van der Waals surface area (Å²) in [5.74, 6) is 0.696. The molecule has 0 aromatic rings. The fraction of sp³-hybridized carbons (Fsp3) is 0.600. The van der Waals surface area contributed by atoms with E-state index in [1.807, 2.05) is 0 Å². The van der Waals surface area contributed by atoms with Crippen molar-refractivity contribution in [3.8, 4) is 0 Å². The smallest absolute Gasteiger partial charge is 0.00747 e. The molecule has 0 nitrogen and oxygen atoms in total. The molecule has 0 N–H and O–H groups in total. The van der Waals surface area contributed by atoms with Gasteiger partial charge in [0.25, 0.3) is 0 Å². The zero-order valence-electron chi connectivity index (χ0n) is 10.3. The second-order valence-corrected chi connectivity index (χ2v) is 5.63. The van der Waals surface area contributed by atoms with Crippen molar-refractivity contribution in [2.75, 3.05) is 0 Å². The van der Waals surface area contributed by atoms with Gasteiger partial charge in [-0.25, -0.2) is 0 Å². The molecule has 1 saturated carbocycles. The zero-order chi connectivity index (χ0) is 11.1. The van der Waals surface area contributed by atoms with Crippen LogP contribution in [0.5, 0.6) is 0 Å².